The van der Waals surface area contributed by atoms with Crippen molar-refractivity contribution in [2.45, 2.75) is 24.4 Å². The smallest absolute Gasteiger partial charge is 0.258 e. The van der Waals surface area contributed by atoms with Crippen LogP contribution in [0.15, 0.2) is 17.0 Å². The molecule has 0 bridgehead atoms. The van der Waals surface area contributed by atoms with Crippen LogP contribution >= 0.6 is 10.7 Å². The highest BCUT2D eigenvalue weighted by atomic mass is 35.7. The van der Waals surface area contributed by atoms with E-state index in [2.05, 4.69) is 0 Å². The summed E-state index contributed by atoms with van der Waals surface area (Å²) >= 11 is 0. The quantitative estimate of drug-likeness (QED) is 0.487. The first-order chi connectivity index (χ1) is 8.48. The summed E-state index contributed by atoms with van der Waals surface area (Å²) in [7, 11) is 0.507. The number of benzene rings is 1. The number of nitro groups is 1. The van der Waals surface area contributed by atoms with Crippen LogP contribution in [0, 0.1) is 10.1 Å². The summed E-state index contributed by atoms with van der Waals surface area (Å²) in [6, 6.07) is 0.596. The molecule has 1 aromatic rings. The van der Waals surface area contributed by atoms with E-state index in [1.54, 1.807) is 0 Å². The topological polar surface area (TPSA) is 77.3 Å². The summed E-state index contributed by atoms with van der Waals surface area (Å²) in [5.74, 6) is 0. The van der Waals surface area contributed by atoms with E-state index in [-0.39, 0.29) is 12.0 Å². The number of nitro benzene ring substituents is 1. The Morgan fingerprint density at radius 3 is 2.21 bits per heavy atom. The van der Waals surface area contributed by atoms with Gasteiger partial charge >= 0.3 is 6.18 Å². The van der Waals surface area contributed by atoms with Crippen LogP contribution in [-0.2, 0) is 21.6 Å². The lowest BCUT2D eigenvalue weighted by atomic mass is 10.1. The molecule has 106 valence electrons. The fourth-order valence-corrected chi connectivity index (χ4v) is 2.75. The standard InChI is InChI=1S/C9H7ClF3NO4S/c1-2-6-7(14(15)16)3-5(9(11,12)13)4-8(6)19(10,17)18/h3-4H,2H2,1H3. The number of hydrogen-bond acceptors (Lipinski definition) is 4. The predicted octanol–water partition coefficient (Wildman–Crippen LogP) is 3.10. The van der Waals surface area contributed by atoms with Crippen LogP contribution in [0.3, 0.4) is 0 Å². The van der Waals surface area contributed by atoms with E-state index < -0.39 is 36.3 Å². The zero-order valence-corrected chi connectivity index (χ0v) is 10.9. The van der Waals surface area contributed by atoms with Crippen molar-refractivity contribution >= 4 is 25.4 Å². The molecule has 0 heterocycles. The number of rotatable bonds is 3. The molecule has 0 aliphatic carbocycles. The summed E-state index contributed by atoms with van der Waals surface area (Å²) in [6.07, 6.45) is -5.05. The van der Waals surface area contributed by atoms with Gasteiger partial charge in [-0.1, -0.05) is 6.92 Å². The molecule has 0 N–H and O–H groups in total. The molecule has 0 unspecified atom stereocenters. The van der Waals surface area contributed by atoms with Crippen LogP contribution < -0.4 is 0 Å². The molecule has 10 heteroatoms. The Balaban J connectivity index is 3.80. The third-order valence-electron chi connectivity index (χ3n) is 2.33. The largest absolute Gasteiger partial charge is 0.416 e. The minimum absolute atomic E-state index is 0.143. The highest BCUT2D eigenvalue weighted by Crippen LogP contribution is 2.37. The Bertz CT molecular complexity index is 627. The van der Waals surface area contributed by atoms with Crippen molar-refractivity contribution in [1.29, 1.82) is 0 Å². The van der Waals surface area contributed by atoms with Crippen LogP contribution in [-0.4, -0.2) is 13.3 Å². The van der Waals surface area contributed by atoms with Gasteiger partial charge in [-0.3, -0.25) is 10.1 Å². The van der Waals surface area contributed by atoms with Gasteiger partial charge in [0.15, 0.2) is 0 Å². The summed E-state index contributed by atoms with van der Waals surface area (Å²) in [4.78, 5) is 8.78. The van der Waals surface area contributed by atoms with Gasteiger partial charge < -0.3 is 0 Å². The SMILES string of the molecule is CCc1c([N+](=O)[O-])cc(C(F)(F)F)cc1S(=O)(=O)Cl. The van der Waals surface area contributed by atoms with Crippen molar-refractivity contribution in [3.63, 3.8) is 0 Å². The Morgan fingerprint density at radius 1 is 1.37 bits per heavy atom. The molecule has 0 aliphatic heterocycles. The average Bonchev–Trinajstić information content (AvgIpc) is 2.24. The summed E-state index contributed by atoms with van der Waals surface area (Å²) in [5, 5.41) is 10.7. The average molecular weight is 318 g/mol. The van der Waals surface area contributed by atoms with Gasteiger partial charge in [-0.25, -0.2) is 8.42 Å². The molecule has 0 amide bonds. The number of nitrogens with zero attached hydrogens (tertiary/aromatic N) is 1. The molecule has 0 saturated carbocycles. The van der Waals surface area contributed by atoms with Crippen LogP contribution in [0.4, 0.5) is 18.9 Å². The van der Waals surface area contributed by atoms with Gasteiger partial charge in [0.05, 0.1) is 15.4 Å². The molecule has 1 aromatic carbocycles. The second-order valence-corrected chi connectivity index (χ2v) is 6.05. The van der Waals surface area contributed by atoms with Crippen LogP contribution in [0.1, 0.15) is 18.1 Å². The molecule has 0 aromatic heterocycles. The summed E-state index contributed by atoms with van der Waals surface area (Å²) in [5.41, 5.74) is -2.71. The van der Waals surface area contributed by atoms with Crippen LogP contribution in [0.2, 0.25) is 0 Å². The van der Waals surface area contributed by atoms with Crippen molar-refractivity contribution in [3.8, 4) is 0 Å². The Morgan fingerprint density at radius 2 is 1.89 bits per heavy atom. The van der Waals surface area contributed by atoms with E-state index in [0.717, 1.165) is 0 Å². The Hall–Kier alpha value is -1.35. The van der Waals surface area contributed by atoms with Gasteiger partial charge in [-0.15, -0.1) is 0 Å². The fourth-order valence-electron chi connectivity index (χ4n) is 1.53. The first-order valence-electron chi connectivity index (χ1n) is 4.81. The summed E-state index contributed by atoms with van der Waals surface area (Å²) < 4.78 is 60.2. The lowest BCUT2D eigenvalue weighted by Gasteiger charge is -2.11. The van der Waals surface area contributed by atoms with E-state index in [4.69, 9.17) is 10.7 Å². The van der Waals surface area contributed by atoms with E-state index in [1.165, 1.54) is 6.92 Å². The highest BCUT2D eigenvalue weighted by Gasteiger charge is 2.36. The fraction of sp³-hybridized carbons (Fsp3) is 0.333. The van der Waals surface area contributed by atoms with Gasteiger partial charge in [-0.2, -0.15) is 13.2 Å². The second-order valence-electron chi connectivity index (χ2n) is 3.52. The van der Waals surface area contributed by atoms with E-state index in [0.29, 0.717) is 12.1 Å². The number of halogens is 4. The molecule has 0 saturated heterocycles. The molecule has 0 radical (unpaired) electrons. The minimum atomic E-state index is -4.91. The van der Waals surface area contributed by atoms with Crippen LogP contribution in [0.25, 0.3) is 0 Å². The monoisotopic (exact) mass is 317 g/mol. The van der Waals surface area contributed by atoms with Crippen molar-refractivity contribution in [3.05, 3.63) is 33.4 Å². The van der Waals surface area contributed by atoms with Gasteiger partial charge in [0.2, 0.25) is 0 Å². The van der Waals surface area contributed by atoms with E-state index in [1.807, 2.05) is 0 Å². The lowest BCUT2D eigenvalue weighted by Crippen LogP contribution is -2.10. The number of hydrogen-bond donors (Lipinski definition) is 0. The lowest BCUT2D eigenvalue weighted by molar-refractivity contribution is -0.386. The van der Waals surface area contributed by atoms with Crippen LogP contribution in [0.5, 0.6) is 0 Å². The molecule has 0 fully saturated rings. The molecule has 1 rings (SSSR count). The maximum atomic E-state index is 12.6. The third kappa shape index (κ3) is 3.35. The van der Waals surface area contributed by atoms with Gasteiger partial charge in [0.25, 0.3) is 14.7 Å². The highest BCUT2D eigenvalue weighted by molar-refractivity contribution is 8.13. The maximum absolute atomic E-state index is 12.6. The number of alkyl halides is 3. The first kappa shape index (κ1) is 15.7. The zero-order chi connectivity index (χ0) is 15.0. The van der Waals surface area contributed by atoms with Gasteiger partial charge in [0.1, 0.15) is 0 Å². The van der Waals surface area contributed by atoms with Gasteiger partial charge in [0, 0.05) is 22.3 Å². The van der Waals surface area contributed by atoms with E-state index in [9.17, 15) is 31.7 Å². The van der Waals surface area contributed by atoms with E-state index >= 15 is 0 Å². The summed E-state index contributed by atoms with van der Waals surface area (Å²) in [6.45, 7) is 1.38. The Labute approximate surface area is 110 Å². The molecule has 0 atom stereocenters. The molecular formula is C9H7ClF3NO4S. The third-order valence-corrected chi connectivity index (χ3v) is 3.71. The van der Waals surface area contributed by atoms with Crippen molar-refractivity contribution in [2.75, 3.05) is 0 Å². The molecule has 5 nitrogen and oxygen atoms in total. The molecular weight excluding hydrogens is 311 g/mol. The minimum Gasteiger partial charge on any atom is -0.258 e. The van der Waals surface area contributed by atoms with Gasteiger partial charge in [-0.05, 0) is 12.5 Å². The first-order valence-corrected chi connectivity index (χ1v) is 7.12. The molecule has 0 spiro atoms. The Kier molecular flexibility index (Phi) is 4.11. The maximum Gasteiger partial charge on any atom is 0.416 e. The van der Waals surface area contributed by atoms with Crippen molar-refractivity contribution < 1.29 is 26.5 Å². The zero-order valence-electron chi connectivity index (χ0n) is 9.36. The second kappa shape index (κ2) is 4.97. The normalized spacial score (nSPS) is 12.5. The van der Waals surface area contributed by atoms with Crippen molar-refractivity contribution in [1.82, 2.24) is 0 Å². The molecule has 0 aliphatic rings. The van der Waals surface area contributed by atoms with Crippen molar-refractivity contribution in [2.24, 2.45) is 0 Å². The molecule has 19 heavy (non-hydrogen) atoms. The predicted molar refractivity (Wildman–Crippen MR) is 60.5 cm³/mol.